The lowest BCUT2D eigenvalue weighted by atomic mass is 10.1. The Bertz CT molecular complexity index is 1070. The van der Waals surface area contributed by atoms with Gasteiger partial charge in [0.25, 0.3) is 5.91 Å². The van der Waals surface area contributed by atoms with Crippen molar-refractivity contribution in [1.82, 2.24) is 14.9 Å². The van der Waals surface area contributed by atoms with Gasteiger partial charge in [-0.1, -0.05) is 24.8 Å². The van der Waals surface area contributed by atoms with Gasteiger partial charge in [0.15, 0.2) is 5.84 Å². The van der Waals surface area contributed by atoms with Crippen molar-refractivity contribution in [3.05, 3.63) is 65.5 Å². The van der Waals surface area contributed by atoms with E-state index in [1.807, 2.05) is 17.5 Å². The van der Waals surface area contributed by atoms with Crippen LogP contribution in [0.5, 0.6) is 0 Å². The van der Waals surface area contributed by atoms with E-state index in [-0.39, 0.29) is 37.1 Å². The van der Waals surface area contributed by atoms with Crippen LogP contribution < -0.4 is 5.73 Å². The fraction of sp³-hybridized carbons (Fsp3) is 0.318. The minimum Gasteiger partial charge on any atom is -0.395 e. The SMILES string of the molecule is C=C(C)N=C(/C=C(\N)C(F)(F)F)N1CCN(C(=O)c2ccccc2-c2nccs2)C[C@H](C)O1. The predicted molar refractivity (Wildman–Crippen MR) is 121 cm³/mol. The van der Waals surface area contributed by atoms with Gasteiger partial charge in [0.1, 0.15) is 16.8 Å². The Kier molecular flexibility index (Phi) is 7.54. The Morgan fingerprint density at radius 2 is 2.09 bits per heavy atom. The number of aliphatic imine (C=N–C) groups is 1. The minimum absolute atomic E-state index is 0.0866. The number of halogens is 3. The number of allylic oxidation sites excluding steroid dienone is 2. The maximum atomic E-state index is 13.4. The number of hydrogen-bond acceptors (Lipinski definition) is 6. The average molecular weight is 480 g/mol. The molecule has 11 heteroatoms. The first-order chi connectivity index (χ1) is 15.6. The van der Waals surface area contributed by atoms with Crippen LogP contribution >= 0.6 is 11.3 Å². The molecular weight excluding hydrogens is 455 g/mol. The second kappa shape index (κ2) is 10.2. The third kappa shape index (κ3) is 6.20. The lowest BCUT2D eigenvalue weighted by Crippen LogP contribution is -2.37. The highest BCUT2D eigenvalue weighted by atomic mass is 32.1. The largest absolute Gasteiger partial charge is 0.430 e. The standard InChI is InChI=1S/C22H24F3N5O2S/c1-14(2)28-19(12-18(26)22(23,24)25)30-10-9-29(13-15(3)32-30)21(31)17-7-5-4-6-16(17)20-27-8-11-33-20/h4-8,11-12,15H,1,9-10,13,26H2,2-3H3/b18-12-,28-19?/t15-/m0/s1. The summed E-state index contributed by atoms with van der Waals surface area (Å²) in [5, 5.41) is 3.78. The first-order valence-corrected chi connectivity index (χ1v) is 10.9. The van der Waals surface area contributed by atoms with E-state index in [4.69, 9.17) is 10.6 Å². The zero-order chi connectivity index (χ0) is 24.2. The summed E-state index contributed by atoms with van der Waals surface area (Å²) in [5.74, 6) is -0.358. The number of rotatable bonds is 4. The van der Waals surface area contributed by atoms with Crippen molar-refractivity contribution in [2.45, 2.75) is 26.1 Å². The summed E-state index contributed by atoms with van der Waals surface area (Å²) in [4.78, 5) is 29.1. The third-order valence-corrected chi connectivity index (χ3v) is 5.44. The molecule has 1 aromatic carbocycles. The van der Waals surface area contributed by atoms with Crippen LogP contribution in [0.2, 0.25) is 0 Å². The number of hydroxylamine groups is 2. The first kappa shape index (κ1) is 24.5. The Morgan fingerprint density at radius 1 is 1.36 bits per heavy atom. The number of amidine groups is 1. The van der Waals surface area contributed by atoms with Gasteiger partial charge in [-0.15, -0.1) is 11.3 Å². The molecule has 1 aromatic heterocycles. The second-order valence-corrected chi connectivity index (χ2v) is 8.35. The molecule has 1 amide bonds. The molecule has 0 unspecified atom stereocenters. The van der Waals surface area contributed by atoms with E-state index < -0.39 is 18.0 Å². The molecule has 3 rings (SSSR count). The highest BCUT2D eigenvalue weighted by Gasteiger charge is 2.33. The number of aromatic nitrogens is 1. The first-order valence-electron chi connectivity index (χ1n) is 10.1. The number of amides is 1. The summed E-state index contributed by atoms with van der Waals surface area (Å²) in [6.45, 7) is 7.42. The number of alkyl halides is 3. The van der Waals surface area contributed by atoms with Gasteiger partial charge in [-0.25, -0.2) is 15.0 Å². The molecule has 0 aliphatic carbocycles. The summed E-state index contributed by atoms with van der Waals surface area (Å²) in [6, 6.07) is 7.17. The Morgan fingerprint density at radius 3 is 2.73 bits per heavy atom. The molecule has 1 fully saturated rings. The van der Waals surface area contributed by atoms with Crippen molar-refractivity contribution >= 4 is 23.1 Å². The molecule has 176 valence electrons. The molecule has 0 bridgehead atoms. The summed E-state index contributed by atoms with van der Waals surface area (Å²) in [6.07, 6.45) is -2.85. The summed E-state index contributed by atoms with van der Waals surface area (Å²) >= 11 is 1.43. The maximum Gasteiger partial charge on any atom is 0.430 e. The zero-order valence-electron chi connectivity index (χ0n) is 18.2. The summed E-state index contributed by atoms with van der Waals surface area (Å²) in [7, 11) is 0. The number of thiazole rings is 1. The molecule has 2 heterocycles. The number of carbonyl (C=O) groups is 1. The van der Waals surface area contributed by atoms with Gasteiger partial charge in [-0.05, 0) is 19.9 Å². The summed E-state index contributed by atoms with van der Waals surface area (Å²) in [5.41, 5.74) is 5.38. The lowest BCUT2D eigenvalue weighted by Gasteiger charge is -2.24. The molecule has 0 saturated carbocycles. The van der Waals surface area contributed by atoms with Gasteiger partial charge >= 0.3 is 6.18 Å². The molecular formula is C22H24F3N5O2S. The lowest BCUT2D eigenvalue weighted by molar-refractivity contribution is -0.127. The molecule has 7 nitrogen and oxygen atoms in total. The predicted octanol–water partition coefficient (Wildman–Crippen LogP) is 4.23. The van der Waals surface area contributed by atoms with E-state index in [9.17, 15) is 18.0 Å². The zero-order valence-corrected chi connectivity index (χ0v) is 19.0. The number of nitrogens with zero attached hydrogens (tertiary/aromatic N) is 4. The monoisotopic (exact) mass is 479 g/mol. The van der Waals surface area contributed by atoms with E-state index in [0.29, 0.717) is 11.6 Å². The Labute approximate surface area is 193 Å². The van der Waals surface area contributed by atoms with Gasteiger partial charge in [-0.2, -0.15) is 13.2 Å². The number of nitrogens with two attached hydrogens (primary N) is 1. The molecule has 2 N–H and O–H groups in total. The van der Waals surface area contributed by atoms with E-state index in [0.717, 1.165) is 10.6 Å². The van der Waals surface area contributed by atoms with Crippen LogP contribution in [0.15, 0.2) is 64.9 Å². The van der Waals surface area contributed by atoms with Crippen molar-refractivity contribution in [2.75, 3.05) is 19.6 Å². The third-order valence-electron chi connectivity index (χ3n) is 4.64. The average Bonchev–Trinajstić information content (AvgIpc) is 3.21. The molecule has 1 aliphatic rings. The number of benzene rings is 1. The van der Waals surface area contributed by atoms with Crippen LogP contribution in [0.25, 0.3) is 10.6 Å². The topological polar surface area (TPSA) is 84.0 Å². The molecule has 0 spiro atoms. The number of carbonyl (C=O) groups excluding carboxylic acids is 1. The van der Waals surface area contributed by atoms with Crippen molar-refractivity contribution in [3.63, 3.8) is 0 Å². The summed E-state index contributed by atoms with van der Waals surface area (Å²) < 4.78 is 39.0. The highest BCUT2D eigenvalue weighted by molar-refractivity contribution is 7.13. The molecule has 1 saturated heterocycles. The van der Waals surface area contributed by atoms with Gasteiger partial charge < -0.3 is 10.6 Å². The molecule has 1 atom stereocenters. The van der Waals surface area contributed by atoms with Gasteiger partial charge in [0.05, 0.1) is 6.54 Å². The molecule has 2 aromatic rings. The van der Waals surface area contributed by atoms with Gasteiger partial charge in [0, 0.05) is 47.6 Å². The minimum atomic E-state index is -4.71. The van der Waals surface area contributed by atoms with E-state index in [1.165, 1.54) is 16.4 Å². The van der Waals surface area contributed by atoms with Crippen molar-refractivity contribution in [3.8, 4) is 10.6 Å². The van der Waals surface area contributed by atoms with Crippen LogP contribution in [0.4, 0.5) is 13.2 Å². The smallest absolute Gasteiger partial charge is 0.395 e. The van der Waals surface area contributed by atoms with Crippen LogP contribution in [0.1, 0.15) is 24.2 Å². The molecule has 1 aliphatic heterocycles. The maximum absolute atomic E-state index is 13.4. The van der Waals surface area contributed by atoms with Crippen molar-refractivity contribution in [1.29, 1.82) is 0 Å². The second-order valence-electron chi connectivity index (χ2n) is 7.45. The highest BCUT2D eigenvalue weighted by Crippen LogP contribution is 2.27. The molecule has 0 radical (unpaired) electrons. The normalized spacial score (nSPS) is 18.3. The quantitative estimate of drug-likeness (QED) is 0.524. The van der Waals surface area contributed by atoms with E-state index >= 15 is 0 Å². The van der Waals surface area contributed by atoms with Crippen LogP contribution in [0.3, 0.4) is 0 Å². The van der Waals surface area contributed by atoms with Crippen LogP contribution in [-0.4, -0.2) is 58.6 Å². The van der Waals surface area contributed by atoms with E-state index in [1.54, 1.807) is 37.1 Å². The fourth-order valence-corrected chi connectivity index (χ4v) is 3.91. The fourth-order valence-electron chi connectivity index (χ4n) is 3.23. The van der Waals surface area contributed by atoms with E-state index in [2.05, 4.69) is 16.6 Å². The van der Waals surface area contributed by atoms with Gasteiger partial charge in [0.2, 0.25) is 0 Å². The Hall–Kier alpha value is -3.18. The van der Waals surface area contributed by atoms with Gasteiger partial charge in [-0.3, -0.25) is 9.63 Å². The number of hydrogen-bond donors (Lipinski definition) is 1. The molecule has 33 heavy (non-hydrogen) atoms. The van der Waals surface area contributed by atoms with Crippen molar-refractivity contribution < 1.29 is 22.8 Å². The Balaban J connectivity index is 1.86. The van der Waals surface area contributed by atoms with Crippen molar-refractivity contribution in [2.24, 2.45) is 10.7 Å². The van der Waals surface area contributed by atoms with Crippen LogP contribution in [-0.2, 0) is 4.84 Å². The van der Waals surface area contributed by atoms with Crippen LogP contribution in [0, 0.1) is 0 Å².